The lowest BCUT2D eigenvalue weighted by molar-refractivity contribution is 0.582. The Labute approximate surface area is 102 Å². The highest BCUT2D eigenvalue weighted by molar-refractivity contribution is 14.1. The van der Waals surface area contributed by atoms with Crippen molar-refractivity contribution in [2.24, 2.45) is 0 Å². The van der Waals surface area contributed by atoms with E-state index in [-0.39, 0.29) is 17.9 Å². The van der Waals surface area contributed by atoms with Crippen LogP contribution >= 0.6 is 22.6 Å². The molecule has 0 aliphatic carbocycles. The van der Waals surface area contributed by atoms with E-state index in [1.165, 1.54) is 12.1 Å². The molecular formula is C9H9IN2O2S. The first kappa shape index (κ1) is 12.4. The van der Waals surface area contributed by atoms with Crippen molar-refractivity contribution in [1.82, 2.24) is 4.72 Å². The van der Waals surface area contributed by atoms with Crippen LogP contribution in [0.15, 0.2) is 29.2 Å². The van der Waals surface area contributed by atoms with Crippen molar-refractivity contribution in [3.63, 3.8) is 0 Å². The number of nitrogens with zero attached hydrogens (tertiary/aromatic N) is 1. The standard InChI is InChI=1S/C9H9IN2O2S/c10-8-2-4-9(5-3-8)15(13,14)12-7-1-6-11/h2-5,12H,1,7H2. The van der Waals surface area contributed by atoms with Crippen molar-refractivity contribution >= 4 is 32.6 Å². The van der Waals surface area contributed by atoms with Gasteiger partial charge >= 0.3 is 0 Å². The number of hydrogen-bond acceptors (Lipinski definition) is 3. The Morgan fingerprint density at radius 2 is 1.93 bits per heavy atom. The highest BCUT2D eigenvalue weighted by Crippen LogP contribution is 2.11. The molecule has 0 saturated carbocycles. The lowest BCUT2D eigenvalue weighted by Gasteiger charge is -2.04. The van der Waals surface area contributed by atoms with Crippen LogP contribution in [0.3, 0.4) is 0 Å². The molecule has 0 spiro atoms. The van der Waals surface area contributed by atoms with Crippen molar-refractivity contribution in [1.29, 1.82) is 5.26 Å². The number of benzene rings is 1. The zero-order chi connectivity index (χ0) is 11.3. The van der Waals surface area contributed by atoms with Crippen molar-refractivity contribution in [2.45, 2.75) is 11.3 Å². The zero-order valence-electron chi connectivity index (χ0n) is 7.77. The molecule has 80 valence electrons. The summed E-state index contributed by atoms with van der Waals surface area (Å²) in [5, 5.41) is 8.28. The molecule has 6 heteroatoms. The largest absolute Gasteiger partial charge is 0.240 e. The third-order valence-corrected chi connectivity index (χ3v) is 3.85. The lowest BCUT2D eigenvalue weighted by atomic mass is 10.4. The second-order valence-corrected chi connectivity index (χ2v) is 5.77. The van der Waals surface area contributed by atoms with Crippen LogP contribution in [-0.4, -0.2) is 15.0 Å². The Morgan fingerprint density at radius 3 is 2.47 bits per heavy atom. The minimum Gasteiger partial charge on any atom is -0.210 e. The van der Waals surface area contributed by atoms with Crippen LogP contribution in [0.25, 0.3) is 0 Å². The van der Waals surface area contributed by atoms with E-state index >= 15 is 0 Å². The molecular weight excluding hydrogens is 327 g/mol. The molecule has 1 aromatic carbocycles. The van der Waals surface area contributed by atoms with Gasteiger partial charge in [0, 0.05) is 16.5 Å². The Bertz CT molecular complexity index is 462. The van der Waals surface area contributed by atoms with Gasteiger partial charge in [0.1, 0.15) is 0 Å². The van der Waals surface area contributed by atoms with Gasteiger partial charge in [-0.2, -0.15) is 5.26 Å². The summed E-state index contributed by atoms with van der Waals surface area (Å²) in [6, 6.07) is 8.39. The summed E-state index contributed by atoms with van der Waals surface area (Å²) >= 11 is 2.10. The molecule has 1 aromatic rings. The second-order valence-electron chi connectivity index (χ2n) is 2.76. The normalized spacial score (nSPS) is 10.9. The van der Waals surface area contributed by atoms with Gasteiger partial charge in [-0.1, -0.05) is 0 Å². The van der Waals surface area contributed by atoms with Crippen molar-refractivity contribution in [2.75, 3.05) is 6.54 Å². The lowest BCUT2D eigenvalue weighted by Crippen LogP contribution is -2.24. The Morgan fingerprint density at radius 1 is 1.33 bits per heavy atom. The van der Waals surface area contributed by atoms with E-state index in [2.05, 4.69) is 27.3 Å². The van der Waals surface area contributed by atoms with Crippen LogP contribution in [0.1, 0.15) is 6.42 Å². The highest BCUT2D eigenvalue weighted by atomic mass is 127. The molecule has 4 nitrogen and oxygen atoms in total. The van der Waals surface area contributed by atoms with E-state index in [1.807, 2.05) is 6.07 Å². The van der Waals surface area contributed by atoms with Gasteiger partial charge in [-0.25, -0.2) is 13.1 Å². The van der Waals surface area contributed by atoms with Crippen LogP contribution in [0.5, 0.6) is 0 Å². The number of nitriles is 1. The van der Waals surface area contributed by atoms with Crippen molar-refractivity contribution in [3.8, 4) is 6.07 Å². The SMILES string of the molecule is N#CCCNS(=O)(=O)c1ccc(I)cc1. The van der Waals surface area contributed by atoms with Gasteiger partial charge in [0.15, 0.2) is 0 Å². The van der Waals surface area contributed by atoms with Gasteiger partial charge in [-0.3, -0.25) is 0 Å². The molecule has 0 aliphatic heterocycles. The summed E-state index contributed by atoms with van der Waals surface area (Å²) < 4.78 is 26.5. The van der Waals surface area contributed by atoms with E-state index in [0.717, 1.165) is 3.57 Å². The molecule has 15 heavy (non-hydrogen) atoms. The Kier molecular flexibility index (Phi) is 4.50. The van der Waals surface area contributed by atoms with E-state index in [4.69, 9.17) is 5.26 Å². The maximum Gasteiger partial charge on any atom is 0.240 e. The molecule has 1 N–H and O–H groups in total. The molecule has 0 aliphatic rings. The first-order valence-electron chi connectivity index (χ1n) is 4.18. The average molecular weight is 336 g/mol. The molecule has 0 atom stereocenters. The van der Waals surface area contributed by atoms with Crippen molar-refractivity contribution in [3.05, 3.63) is 27.8 Å². The van der Waals surface area contributed by atoms with Crippen LogP contribution in [0, 0.1) is 14.9 Å². The first-order chi connectivity index (χ1) is 7.06. The summed E-state index contributed by atoms with van der Waals surface area (Å²) in [5.41, 5.74) is 0. The minimum absolute atomic E-state index is 0.144. The molecule has 0 radical (unpaired) electrons. The van der Waals surface area contributed by atoms with Crippen LogP contribution in [-0.2, 0) is 10.0 Å². The number of hydrogen-bond donors (Lipinski definition) is 1. The fourth-order valence-electron chi connectivity index (χ4n) is 0.938. The topological polar surface area (TPSA) is 70.0 Å². The molecule has 0 aromatic heterocycles. The number of halogens is 1. The Balaban J connectivity index is 2.79. The Hall–Kier alpha value is -0.650. The molecule has 1 rings (SSSR count). The van der Waals surface area contributed by atoms with E-state index in [1.54, 1.807) is 12.1 Å². The second kappa shape index (κ2) is 5.44. The van der Waals surface area contributed by atoms with Gasteiger partial charge in [0.2, 0.25) is 10.0 Å². The fourth-order valence-corrected chi connectivity index (χ4v) is 2.33. The summed E-state index contributed by atoms with van der Waals surface area (Å²) in [4.78, 5) is 0.223. The maximum atomic E-state index is 11.6. The fraction of sp³-hybridized carbons (Fsp3) is 0.222. The predicted molar refractivity (Wildman–Crippen MR) is 64.6 cm³/mol. The molecule has 0 saturated heterocycles. The van der Waals surface area contributed by atoms with E-state index in [9.17, 15) is 8.42 Å². The third-order valence-electron chi connectivity index (χ3n) is 1.65. The van der Waals surface area contributed by atoms with E-state index in [0.29, 0.717) is 0 Å². The number of rotatable bonds is 4. The number of nitrogens with one attached hydrogen (secondary N) is 1. The van der Waals surface area contributed by atoms with Gasteiger partial charge < -0.3 is 0 Å². The molecule has 0 amide bonds. The quantitative estimate of drug-likeness (QED) is 0.669. The van der Waals surface area contributed by atoms with Crippen LogP contribution < -0.4 is 4.72 Å². The molecule has 0 heterocycles. The van der Waals surface area contributed by atoms with E-state index < -0.39 is 10.0 Å². The van der Waals surface area contributed by atoms with Crippen molar-refractivity contribution < 1.29 is 8.42 Å². The third kappa shape index (κ3) is 3.77. The molecule has 0 bridgehead atoms. The first-order valence-corrected chi connectivity index (χ1v) is 6.74. The minimum atomic E-state index is -3.45. The smallest absolute Gasteiger partial charge is 0.210 e. The van der Waals surface area contributed by atoms with Crippen LogP contribution in [0.4, 0.5) is 0 Å². The zero-order valence-corrected chi connectivity index (χ0v) is 10.7. The van der Waals surface area contributed by atoms with Crippen LogP contribution in [0.2, 0.25) is 0 Å². The summed E-state index contributed by atoms with van der Waals surface area (Å²) in [5.74, 6) is 0. The number of sulfonamides is 1. The predicted octanol–water partition coefficient (Wildman–Crippen LogP) is 1.48. The average Bonchev–Trinajstić information content (AvgIpc) is 2.18. The van der Waals surface area contributed by atoms with Gasteiger partial charge in [0.25, 0.3) is 0 Å². The summed E-state index contributed by atoms with van der Waals surface area (Å²) in [7, 11) is -3.45. The van der Waals surface area contributed by atoms with Gasteiger partial charge in [-0.05, 0) is 46.9 Å². The summed E-state index contributed by atoms with van der Waals surface area (Å²) in [6.45, 7) is 0.144. The molecule has 0 unspecified atom stereocenters. The summed E-state index contributed by atoms with van der Waals surface area (Å²) in [6.07, 6.45) is 0.170. The highest BCUT2D eigenvalue weighted by Gasteiger charge is 2.12. The van der Waals surface area contributed by atoms with Gasteiger partial charge in [0.05, 0.1) is 11.0 Å². The van der Waals surface area contributed by atoms with Gasteiger partial charge in [-0.15, -0.1) is 0 Å². The monoisotopic (exact) mass is 336 g/mol. The maximum absolute atomic E-state index is 11.6. The molecule has 0 fully saturated rings.